The lowest BCUT2D eigenvalue weighted by molar-refractivity contribution is -0.141. The first kappa shape index (κ1) is 28.1. The van der Waals surface area contributed by atoms with Crippen LogP contribution in [0, 0.1) is 0 Å². The van der Waals surface area contributed by atoms with Crippen molar-refractivity contribution in [3.8, 4) is 0 Å². The molecule has 0 aliphatic carbocycles. The van der Waals surface area contributed by atoms with Gasteiger partial charge in [-0.25, -0.2) is 0 Å². The van der Waals surface area contributed by atoms with Crippen molar-refractivity contribution >= 4 is 46.8 Å². The zero-order valence-corrected chi connectivity index (χ0v) is 22.8. The number of halogens is 2. The summed E-state index contributed by atoms with van der Waals surface area (Å²) in [5.74, 6) is 1.30. The van der Waals surface area contributed by atoms with Crippen LogP contribution in [0.2, 0.25) is 10.0 Å². The van der Waals surface area contributed by atoms with Gasteiger partial charge in [0.2, 0.25) is 11.8 Å². The van der Waals surface area contributed by atoms with Crippen molar-refractivity contribution in [1.29, 1.82) is 0 Å². The van der Waals surface area contributed by atoms with E-state index in [-0.39, 0.29) is 18.4 Å². The molecule has 0 spiro atoms. The van der Waals surface area contributed by atoms with Crippen molar-refractivity contribution in [3.63, 3.8) is 0 Å². The summed E-state index contributed by atoms with van der Waals surface area (Å²) >= 11 is 14.1. The fraction of sp³-hybridized carbons (Fsp3) is 0.310. The minimum atomic E-state index is -0.639. The maximum atomic E-state index is 13.6. The molecule has 7 heteroatoms. The SMILES string of the molecule is CCCNC(=O)[C@H](Cc1ccccc1)N(Cc1ccc(Cl)c(Cl)c1)C(=O)CCSCc1ccccc1. The van der Waals surface area contributed by atoms with Crippen LogP contribution >= 0.6 is 35.0 Å². The molecule has 0 aliphatic heterocycles. The maximum Gasteiger partial charge on any atom is 0.243 e. The third-order valence-electron chi connectivity index (χ3n) is 5.73. The fourth-order valence-electron chi connectivity index (χ4n) is 3.82. The van der Waals surface area contributed by atoms with Gasteiger partial charge in [-0.1, -0.05) is 96.9 Å². The minimum Gasteiger partial charge on any atom is -0.354 e. The summed E-state index contributed by atoms with van der Waals surface area (Å²) in [5.41, 5.74) is 3.05. The third-order valence-corrected chi connectivity index (χ3v) is 7.50. The van der Waals surface area contributed by atoms with Crippen LogP contribution in [0.25, 0.3) is 0 Å². The zero-order chi connectivity index (χ0) is 25.8. The second kappa shape index (κ2) is 14.9. The van der Waals surface area contributed by atoms with E-state index in [1.54, 1.807) is 28.8 Å². The number of nitrogens with one attached hydrogen (secondary N) is 1. The molecular weight excluding hydrogens is 511 g/mol. The average molecular weight is 544 g/mol. The number of hydrogen-bond acceptors (Lipinski definition) is 3. The van der Waals surface area contributed by atoms with Gasteiger partial charge in [0.15, 0.2) is 0 Å². The van der Waals surface area contributed by atoms with Crippen LogP contribution in [-0.2, 0) is 28.3 Å². The molecule has 0 aromatic heterocycles. The zero-order valence-electron chi connectivity index (χ0n) is 20.5. The number of thioether (sulfide) groups is 1. The van der Waals surface area contributed by atoms with Crippen LogP contribution in [0.15, 0.2) is 78.9 Å². The average Bonchev–Trinajstić information content (AvgIpc) is 2.90. The monoisotopic (exact) mass is 542 g/mol. The molecule has 0 bridgehead atoms. The molecule has 3 aromatic carbocycles. The summed E-state index contributed by atoms with van der Waals surface area (Å²) in [4.78, 5) is 28.6. The van der Waals surface area contributed by atoms with Crippen molar-refractivity contribution in [2.75, 3.05) is 12.3 Å². The standard InChI is InChI=1S/C29H32Cl2N2O2S/c1-2-16-32-29(35)27(19-22-9-5-3-6-10-22)33(20-24-13-14-25(30)26(31)18-24)28(34)15-17-36-21-23-11-7-4-8-12-23/h3-14,18,27H,2,15-17,19-21H2,1H3,(H,32,35)/t27-/m0/s1. The van der Waals surface area contributed by atoms with Gasteiger partial charge in [-0.3, -0.25) is 9.59 Å². The molecule has 0 saturated carbocycles. The Bertz CT molecular complexity index is 1110. The smallest absolute Gasteiger partial charge is 0.243 e. The highest BCUT2D eigenvalue weighted by Crippen LogP contribution is 2.25. The van der Waals surface area contributed by atoms with E-state index in [9.17, 15) is 9.59 Å². The Kier molecular flexibility index (Phi) is 11.7. The second-order valence-electron chi connectivity index (χ2n) is 8.55. The van der Waals surface area contributed by atoms with Crippen molar-refractivity contribution in [2.24, 2.45) is 0 Å². The molecule has 0 heterocycles. The van der Waals surface area contributed by atoms with E-state index < -0.39 is 6.04 Å². The van der Waals surface area contributed by atoms with Crippen LogP contribution in [0.4, 0.5) is 0 Å². The Morgan fingerprint density at radius 3 is 2.19 bits per heavy atom. The van der Waals surface area contributed by atoms with E-state index in [4.69, 9.17) is 23.2 Å². The van der Waals surface area contributed by atoms with Gasteiger partial charge in [-0.2, -0.15) is 11.8 Å². The highest BCUT2D eigenvalue weighted by atomic mass is 35.5. The molecule has 0 aliphatic rings. The summed E-state index contributed by atoms with van der Waals surface area (Å²) in [6.07, 6.45) is 1.59. The first-order valence-electron chi connectivity index (χ1n) is 12.1. The minimum absolute atomic E-state index is 0.0609. The number of carbonyl (C=O) groups excluding carboxylic acids is 2. The molecule has 0 radical (unpaired) electrons. The van der Waals surface area contributed by atoms with Gasteiger partial charge in [0.25, 0.3) is 0 Å². The topological polar surface area (TPSA) is 49.4 Å². The van der Waals surface area contributed by atoms with Gasteiger partial charge in [-0.05, 0) is 35.2 Å². The van der Waals surface area contributed by atoms with Crippen molar-refractivity contribution < 1.29 is 9.59 Å². The van der Waals surface area contributed by atoms with Crippen LogP contribution in [-0.4, -0.2) is 35.1 Å². The number of rotatable bonds is 13. The predicted octanol–water partition coefficient (Wildman–Crippen LogP) is 6.78. The molecule has 2 amide bonds. The van der Waals surface area contributed by atoms with Gasteiger partial charge in [-0.15, -0.1) is 0 Å². The lowest BCUT2D eigenvalue weighted by Gasteiger charge is -2.31. The lowest BCUT2D eigenvalue weighted by Crippen LogP contribution is -2.50. The number of nitrogens with zero attached hydrogens (tertiary/aromatic N) is 1. The first-order chi connectivity index (χ1) is 17.5. The number of carbonyl (C=O) groups is 2. The summed E-state index contributed by atoms with van der Waals surface area (Å²) in [6.45, 7) is 2.84. The molecule has 36 heavy (non-hydrogen) atoms. The van der Waals surface area contributed by atoms with Crippen molar-refractivity contribution in [1.82, 2.24) is 10.2 Å². The molecular formula is C29H32Cl2N2O2S. The Hall–Kier alpha value is -2.47. The molecule has 0 unspecified atom stereocenters. The van der Waals surface area contributed by atoms with E-state index in [2.05, 4.69) is 17.4 Å². The van der Waals surface area contributed by atoms with Crippen molar-refractivity contribution in [2.45, 2.75) is 44.5 Å². The summed E-state index contributed by atoms with van der Waals surface area (Å²) < 4.78 is 0. The molecule has 3 rings (SSSR count). The lowest BCUT2D eigenvalue weighted by atomic mass is 10.0. The Morgan fingerprint density at radius 1 is 0.889 bits per heavy atom. The van der Waals surface area contributed by atoms with Gasteiger partial charge < -0.3 is 10.2 Å². The largest absolute Gasteiger partial charge is 0.354 e. The Labute approximate surface area is 228 Å². The highest BCUT2D eigenvalue weighted by molar-refractivity contribution is 7.98. The van der Waals surface area contributed by atoms with Crippen molar-refractivity contribution in [3.05, 3.63) is 106 Å². The molecule has 0 saturated heterocycles. The van der Waals surface area contributed by atoms with E-state index in [0.29, 0.717) is 35.2 Å². The molecule has 1 atom stereocenters. The normalized spacial score (nSPS) is 11.6. The van der Waals surface area contributed by atoms with E-state index >= 15 is 0 Å². The van der Waals surface area contributed by atoms with Crippen LogP contribution in [0.3, 0.4) is 0 Å². The van der Waals surface area contributed by atoms with Crippen LogP contribution in [0.1, 0.15) is 36.5 Å². The van der Waals surface area contributed by atoms with Gasteiger partial charge in [0, 0.05) is 37.4 Å². The number of benzene rings is 3. The first-order valence-corrected chi connectivity index (χ1v) is 14.1. The molecule has 1 N–H and O–H groups in total. The van der Waals surface area contributed by atoms with Gasteiger partial charge in [0.05, 0.1) is 10.0 Å². The highest BCUT2D eigenvalue weighted by Gasteiger charge is 2.30. The summed E-state index contributed by atoms with van der Waals surface area (Å²) in [6, 6.07) is 24.7. The van der Waals surface area contributed by atoms with Crippen LogP contribution < -0.4 is 5.32 Å². The molecule has 190 valence electrons. The third kappa shape index (κ3) is 8.88. The maximum absolute atomic E-state index is 13.6. The fourth-order valence-corrected chi connectivity index (χ4v) is 5.03. The van der Waals surface area contributed by atoms with E-state index in [1.165, 1.54) is 5.56 Å². The molecule has 4 nitrogen and oxygen atoms in total. The van der Waals surface area contributed by atoms with E-state index in [0.717, 1.165) is 23.3 Å². The Morgan fingerprint density at radius 2 is 1.56 bits per heavy atom. The second-order valence-corrected chi connectivity index (χ2v) is 10.5. The van der Waals surface area contributed by atoms with Gasteiger partial charge >= 0.3 is 0 Å². The quantitative estimate of drug-likeness (QED) is 0.242. The number of amides is 2. The molecule has 0 fully saturated rings. The summed E-state index contributed by atoms with van der Waals surface area (Å²) in [7, 11) is 0. The Balaban J connectivity index is 1.80. The van der Waals surface area contributed by atoms with Gasteiger partial charge in [0.1, 0.15) is 6.04 Å². The summed E-state index contributed by atoms with van der Waals surface area (Å²) in [5, 5.41) is 3.88. The number of hydrogen-bond donors (Lipinski definition) is 1. The molecule has 3 aromatic rings. The predicted molar refractivity (Wildman–Crippen MR) is 151 cm³/mol. The van der Waals surface area contributed by atoms with E-state index in [1.807, 2.05) is 61.5 Å². The van der Waals surface area contributed by atoms with Crippen LogP contribution in [0.5, 0.6) is 0 Å².